The van der Waals surface area contributed by atoms with E-state index in [1.54, 1.807) is 7.11 Å². The second-order valence-electron chi connectivity index (χ2n) is 5.04. The predicted octanol–water partition coefficient (Wildman–Crippen LogP) is 2.36. The second-order valence-corrected chi connectivity index (χ2v) is 5.96. The fraction of sp³-hybridized carbons (Fsp3) is 0.571. The molecule has 1 aromatic rings. The Bertz CT molecular complexity index is 403. The van der Waals surface area contributed by atoms with E-state index in [2.05, 4.69) is 27.3 Å². The predicted molar refractivity (Wildman–Crippen MR) is 76.0 cm³/mol. The highest BCUT2D eigenvalue weighted by Gasteiger charge is 2.32. The highest BCUT2D eigenvalue weighted by molar-refractivity contribution is 9.10. The third kappa shape index (κ3) is 3.05. The maximum Gasteiger partial charge on any atom is 0.122 e. The number of nitrogens with one attached hydrogen (secondary N) is 1. The Morgan fingerprint density at radius 3 is 2.72 bits per heavy atom. The first-order valence-electron chi connectivity index (χ1n) is 6.33. The summed E-state index contributed by atoms with van der Waals surface area (Å²) < 4.78 is 6.47. The fourth-order valence-corrected chi connectivity index (χ4v) is 3.05. The molecule has 0 unspecified atom stereocenters. The van der Waals surface area contributed by atoms with E-state index >= 15 is 0 Å². The lowest BCUT2D eigenvalue weighted by Crippen LogP contribution is -2.40. The number of benzene rings is 1. The molecule has 0 saturated carbocycles. The summed E-state index contributed by atoms with van der Waals surface area (Å²) in [4.78, 5) is 0. The number of aliphatic hydroxyl groups excluding tert-OH is 1. The average molecular weight is 314 g/mol. The second kappa shape index (κ2) is 6.04. The summed E-state index contributed by atoms with van der Waals surface area (Å²) in [5, 5.41) is 13.1. The van der Waals surface area contributed by atoms with Crippen LogP contribution in [0.1, 0.15) is 18.4 Å². The van der Waals surface area contributed by atoms with E-state index in [9.17, 15) is 5.11 Å². The van der Waals surface area contributed by atoms with Crippen molar-refractivity contribution in [2.75, 3.05) is 26.8 Å². The smallest absolute Gasteiger partial charge is 0.122 e. The summed E-state index contributed by atoms with van der Waals surface area (Å²) >= 11 is 3.50. The molecule has 2 N–H and O–H groups in total. The van der Waals surface area contributed by atoms with Crippen molar-refractivity contribution in [3.8, 4) is 5.75 Å². The molecule has 4 heteroatoms. The van der Waals surface area contributed by atoms with Gasteiger partial charge in [-0.1, -0.05) is 15.9 Å². The molecule has 3 nitrogen and oxygen atoms in total. The summed E-state index contributed by atoms with van der Waals surface area (Å²) in [5.74, 6) is 0.907. The summed E-state index contributed by atoms with van der Waals surface area (Å²) in [6, 6.07) is 6.06. The summed E-state index contributed by atoms with van der Waals surface area (Å²) in [6.07, 6.45) is 2.89. The molecule has 2 rings (SSSR count). The maximum atomic E-state index is 9.76. The van der Waals surface area contributed by atoms with Crippen molar-refractivity contribution in [1.82, 2.24) is 5.32 Å². The van der Waals surface area contributed by atoms with E-state index in [0.717, 1.165) is 42.6 Å². The molecule has 1 aliphatic rings. The van der Waals surface area contributed by atoms with Crippen molar-refractivity contribution in [3.63, 3.8) is 0 Å². The van der Waals surface area contributed by atoms with E-state index in [1.807, 2.05) is 12.1 Å². The molecule has 1 fully saturated rings. The van der Waals surface area contributed by atoms with Gasteiger partial charge in [0.1, 0.15) is 5.75 Å². The Labute approximate surface area is 117 Å². The number of aliphatic hydroxyl groups is 1. The van der Waals surface area contributed by atoms with Crippen LogP contribution >= 0.6 is 15.9 Å². The lowest BCUT2D eigenvalue weighted by Gasteiger charge is -2.36. The number of piperidine rings is 1. The normalized spacial score (nSPS) is 18.6. The van der Waals surface area contributed by atoms with Gasteiger partial charge in [0.15, 0.2) is 0 Å². The first kappa shape index (κ1) is 13.8. The molecule has 1 aliphatic heterocycles. The molecule has 100 valence electrons. The molecular formula is C14H20BrNO2. The average Bonchev–Trinajstić information content (AvgIpc) is 2.40. The van der Waals surface area contributed by atoms with Gasteiger partial charge in [-0.25, -0.2) is 0 Å². The molecule has 1 saturated heterocycles. The van der Waals surface area contributed by atoms with Crippen molar-refractivity contribution >= 4 is 15.9 Å². The molecule has 0 atom stereocenters. The van der Waals surface area contributed by atoms with Crippen LogP contribution in [-0.2, 0) is 6.42 Å². The standard InChI is InChI=1S/C14H20BrNO2/c1-18-13-3-2-12(15)8-11(13)9-14(10-17)4-6-16-7-5-14/h2-3,8,16-17H,4-7,9-10H2,1H3. The van der Waals surface area contributed by atoms with Crippen LogP contribution < -0.4 is 10.1 Å². The van der Waals surface area contributed by atoms with E-state index < -0.39 is 0 Å². The fourth-order valence-electron chi connectivity index (χ4n) is 2.64. The lowest BCUT2D eigenvalue weighted by molar-refractivity contribution is 0.0886. The van der Waals surface area contributed by atoms with Gasteiger partial charge in [-0.2, -0.15) is 0 Å². The molecule has 0 amide bonds. The third-order valence-electron chi connectivity index (χ3n) is 3.81. The molecule has 0 bridgehead atoms. The Morgan fingerprint density at radius 2 is 2.11 bits per heavy atom. The Hall–Kier alpha value is -0.580. The third-order valence-corrected chi connectivity index (χ3v) is 4.30. The number of hydrogen-bond acceptors (Lipinski definition) is 3. The highest BCUT2D eigenvalue weighted by atomic mass is 79.9. The van der Waals surface area contributed by atoms with Crippen molar-refractivity contribution in [2.45, 2.75) is 19.3 Å². The number of hydrogen-bond donors (Lipinski definition) is 2. The molecule has 0 aromatic heterocycles. The molecule has 1 heterocycles. The van der Waals surface area contributed by atoms with E-state index in [1.165, 1.54) is 5.56 Å². The van der Waals surface area contributed by atoms with Gasteiger partial charge in [0.2, 0.25) is 0 Å². The van der Waals surface area contributed by atoms with Crippen LogP contribution in [0.2, 0.25) is 0 Å². The highest BCUT2D eigenvalue weighted by Crippen LogP contribution is 2.36. The quantitative estimate of drug-likeness (QED) is 0.896. The number of methoxy groups -OCH3 is 1. The van der Waals surface area contributed by atoms with Gasteiger partial charge in [0.05, 0.1) is 7.11 Å². The molecule has 0 radical (unpaired) electrons. The van der Waals surface area contributed by atoms with Crippen molar-refractivity contribution in [3.05, 3.63) is 28.2 Å². The van der Waals surface area contributed by atoms with Gasteiger partial charge in [-0.05, 0) is 56.1 Å². The van der Waals surface area contributed by atoms with E-state index in [-0.39, 0.29) is 12.0 Å². The largest absolute Gasteiger partial charge is 0.496 e. The van der Waals surface area contributed by atoms with Crippen LogP contribution in [0, 0.1) is 5.41 Å². The molecule has 18 heavy (non-hydrogen) atoms. The Kier molecular flexibility index (Phi) is 4.65. The van der Waals surface area contributed by atoms with Crippen molar-refractivity contribution < 1.29 is 9.84 Å². The minimum atomic E-state index is -0.000671. The van der Waals surface area contributed by atoms with Gasteiger partial charge >= 0.3 is 0 Å². The van der Waals surface area contributed by atoms with Gasteiger partial charge in [-0.15, -0.1) is 0 Å². The topological polar surface area (TPSA) is 41.5 Å². The van der Waals surface area contributed by atoms with Gasteiger partial charge < -0.3 is 15.2 Å². The van der Waals surface area contributed by atoms with Gasteiger partial charge in [0.25, 0.3) is 0 Å². The minimum absolute atomic E-state index is 0.000671. The van der Waals surface area contributed by atoms with Crippen LogP contribution in [0.3, 0.4) is 0 Å². The first-order chi connectivity index (χ1) is 8.69. The van der Waals surface area contributed by atoms with Crippen LogP contribution in [0.4, 0.5) is 0 Å². The number of ether oxygens (including phenoxy) is 1. The van der Waals surface area contributed by atoms with Crippen LogP contribution in [0.15, 0.2) is 22.7 Å². The first-order valence-corrected chi connectivity index (χ1v) is 7.12. The van der Waals surface area contributed by atoms with Crippen LogP contribution in [-0.4, -0.2) is 31.9 Å². The molecule has 0 spiro atoms. The van der Waals surface area contributed by atoms with Crippen LogP contribution in [0.5, 0.6) is 5.75 Å². The van der Waals surface area contributed by atoms with Crippen molar-refractivity contribution in [2.24, 2.45) is 5.41 Å². The number of rotatable bonds is 4. The van der Waals surface area contributed by atoms with Gasteiger partial charge in [-0.3, -0.25) is 0 Å². The lowest BCUT2D eigenvalue weighted by atomic mass is 9.75. The Balaban J connectivity index is 2.23. The molecule has 0 aliphatic carbocycles. The monoisotopic (exact) mass is 313 g/mol. The van der Waals surface area contributed by atoms with Crippen molar-refractivity contribution in [1.29, 1.82) is 0 Å². The summed E-state index contributed by atoms with van der Waals surface area (Å²) in [5.41, 5.74) is 1.17. The SMILES string of the molecule is COc1ccc(Br)cc1CC1(CO)CCNCC1. The number of halogens is 1. The zero-order chi connectivity index (χ0) is 13.0. The van der Waals surface area contributed by atoms with E-state index in [0.29, 0.717) is 0 Å². The zero-order valence-corrected chi connectivity index (χ0v) is 12.3. The molecular weight excluding hydrogens is 294 g/mol. The Morgan fingerprint density at radius 1 is 1.39 bits per heavy atom. The summed E-state index contributed by atoms with van der Waals surface area (Å²) in [7, 11) is 1.70. The summed E-state index contributed by atoms with van der Waals surface area (Å²) in [6.45, 7) is 2.21. The zero-order valence-electron chi connectivity index (χ0n) is 10.7. The maximum absolute atomic E-state index is 9.76. The minimum Gasteiger partial charge on any atom is -0.496 e. The van der Waals surface area contributed by atoms with Gasteiger partial charge in [0, 0.05) is 16.5 Å². The molecule has 1 aromatic carbocycles. The van der Waals surface area contributed by atoms with E-state index in [4.69, 9.17) is 4.74 Å². The van der Waals surface area contributed by atoms with Crippen LogP contribution in [0.25, 0.3) is 0 Å².